The minimum Gasteiger partial charge on any atom is -0.456 e. The zero-order chi connectivity index (χ0) is 30.9. The van der Waals surface area contributed by atoms with E-state index in [1.54, 1.807) is 54.6 Å². The van der Waals surface area contributed by atoms with Crippen LogP contribution in [0.5, 0.6) is 0 Å². The van der Waals surface area contributed by atoms with Crippen LogP contribution in [0.1, 0.15) is 43.5 Å². The van der Waals surface area contributed by atoms with E-state index in [1.807, 2.05) is 6.92 Å². The van der Waals surface area contributed by atoms with Crippen LogP contribution in [0.4, 0.5) is 11.4 Å². The predicted octanol–water partition coefficient (Wildman–Crippen LogP) is 1.30. The molecule has 2 aromatic carbocycles. The molecule has 0 radical (unpaired) electrons. The Hall–Kier alpha value is -4.78. The van der Waals surface area contributed by atoms with Crippen LogP contribution in [0.15, 0.2) is 54.6 Å². The number of rotatable bonds is 11. The Bertz CT molecular complexity index is 1370. The quantitative estimate of drug-likeness (QED) is 0.289. The van der Waals surface area contributed by atoms with Gasteiger partial charge in [-0.1, -0.05) is 43.7 Å². The highest BCUT2D eigenvalue weighted by Gasteiger charge is 2.40. The van der Waals surface area contributed by atoms with E-state index in [9.17, 15) is 28.8 Å². The second kappa shape index (κ2) is 14.4. The van der Waals surface area contributed by atoms with Gasteiger partial charge in [-0.2, -0.15) is 0 Å². The van der Waals surface area contributed by atoms with Gasteiger partial charge in [0.2, 0.25) is 12.2 Å². The van der Waals surface area contributed by atoms with Gasteiger partial charge in [-0.05, 0) is 30.7 Å². The number of amides is 4. The van der Waals surface area contributed by atoms with Crippen molar-refractivity contribution in [3.8, 4) is 0 Å². The summed E-state index contributed by atoms with van der Waals surface area (Å²) in [4.78, 5) is 79.4. The molecule has 0 spiro atoms. The molecule has 4 rings (SSSR count). The van der Waals surface area contributed by atoms with E-state index in [4.69, 9.17) is 14.2 Å². The van der Waals surface area contributed by atoms with Crippen LogP contribution in [-0.4, -0.2) is 80.2 Å². The largest absolute Gasteiger partial charge is 0.456 e. The summed E-state index contributed by atoms with van der Waals surface area (Å²) in [6.07, 6.45) is 0.566. The second-order valence-electron chi connectivity index (χ2n) is 10.1. The van der Waals surface area contributed by atoms with E-state index in [-0.39, 0.29) is 24.3 Å². The molecule has 1 fully saturated rings. The summed E-state index contributed by atoms with van der Waals surface area (Å²) in [6, 6.07) is 12.6. The Morgan fingerprint density at radius 2 is 1.67 bits per heavy atom. The summed E-state index contributed by atoms with van der Waals surface area (Å²) in [6.45, 7) is 2.13. The maximum Gasteiger partial charge on any atom is 0.310 e. The van der Waals surface area contributed by atoms with Gasteiger partial charge in [-0.3, -0.25) is 33.7 Å². The Kier molecular flexibility index (Phi) is 10.4. The summed E-state index contributed by atoms with van der Waals surface area (Å²) in [5.41, 5.74) is 0.793. The van der Waals surface area contributed by atoms with Crippen LogP contribution in [0, 0.1) is 0 Å². The average Bonchev–Trinajstić information content (AvgIpc) is 3.29. The Morgan fingerprint density at radius 3 is 2.37 bits per heavy atom. The fraction of sp³-hybridized carbons (Fsp3) is 0.400. The molecule has 3 atom stereocenters. The van der Waals surface area contributed by atoms with Gasteiger partial charge in [-0.15, -0.1) is 0 Å². The molecule has 0 bridgehead atoms. The van der Waals surface area contributed by atoms with Gasteiger partial charge in [0.15, 0.2) is 6.61 Å². The third-order valence-corrected chi connectivity index (χ3v) is 6.82. The molecule has 0 aromatic heterocycles. The molecule has 13 nitrogen and oxygen atoms in total. The summed E-state index contributed by atoms with van der Waals surface area (Å²) < 4.78 is 15.8. The lowest BCUT2D eigenvalue weighted by molar-refractivity contribution is -0.165. The first kappa shape index (κ1) is 31.2. The standard InChI is InChI=1S/C30H34N4O9/c1-3-4-14-41-30-21(15-27(38)43-30)31-25(36)17-34-24-13-9-8-12-23(24)33(26(37)18-42-19(2)35)16-22(29(34)40)32-28(39)20-10-6-5-7-11-20/h5-13,21-22,30H,3-4,14-18H2,1-2H3,(H,31,36)(H,32,39). The number of unbranched alkanes of at least 4 members (excludes halogenated alkanes) is 1. The number of nitrogens with one attached hydrogen (secondary N) is 2. The predicted molar refractivity (Wildman–Crippen MR) is 153 cm³/mol. The molecule has 2 N–H and O–H groups in total. The Balaban J connectivity index is 1.61. The molecule has 2 aliphatic heterocycles. The van der Waals surface area contributed by atoms with Gasteiger partial charge in [0.25, 0.3) is 17.7 Å². The molecule has 0 saturated carbocycles. The highest BCUT2D eigenvalue weighted by atomic mass is 16.7. The number of carbonyl (C=O) groups is 6. The number of fused-ring (bicyclic) bond motifs is 1. The number of benzene rings is 2. The number of ether oxygens (including phenoxy) is 3. The molecule has 4 amide bonds. The minimum atomic E-state index is -1.27. The van der Waals surface area contributed by atoms with Gasteiger partial charge < -0.3 is 29.7 Å². The zero-order valence-corrected chi connectivity index (χ0v) is 23.9. The molecule has 43 heavy (non-hydrogen) atoms. The normalized spacial score (nSPS) is 19.6. The van der Waals surface area contributed by atoms with Crippen LogP contribution in [-0.2, 0) is 38.2 Å². The third kappa shape index (κ3) is 7.95. The van der Waals surface area contributed by atoms with Crippen LogP contribution in [0.25, 0.3) is 0 Å². The topological polar surface area (TPSA) is 161 Å². The van der Waals surface area contributed by atoms with E-state index in [0.717, 1.165) is 12.8 Å². The third-order valence-electron chi connectivity index (χ3n) is 6.82. The zero-order valence-electron chi connectivity index (χ0n) is 23.9. The van der Waals surface area contributed by atoms with Crippen molar-refractivity contribution < 1.29 is 43.0 Å². The van der Waals surface area contributed by atoms with Gasteiger partial charge in [-0.25, -0.2) is 0 Å². The van der Waals surface area contributed by atoms with Crippen LogP contribution < -0.4 is 20.4 Å². The molecule has 13 heteroatoms. The van der Waals surface area contributed by atoms with E-state index in [0.29, 0.717) is 12.2 Å². The van der Waals surface area contributed by atoms with Crippen molar-refractivity contribution in [2.24, 2.45) is 0 Å². The highest BCUT2D eigenvalue weighted by Crippen LogP contribution is 2.33. The first-order valence-electron chi connectivity index (χ1n) is 14.0. The van der Waals surface area contributed by atoms with Gasteiger partial charge >= 0.3 is 11.9 Å². The monoisotopic (exact) mass is 594 g/mol. The number of cyclic esters (lactones) is 1. The minimum absolute atomic E-state index is 0.0960. The highest BCUT2D eigenvalue weighted by molar-refractivity contribution is 6.11. The maximum absolute atomic E-state index is 14.0. The van der Waals surface area contributed by atoms with Crippen molar-refractivity contribution in [2.75, 3.05) is 36.1 Å². The first-order chi connectivity index (χ1) is 20.7. The number of esters is 2. The lowest BCUT2D eigenvalue weighted by atomic mass is 10.1. The molecule has 3 unspecified atom stereocenters. The lowest BCUT2D eigenvalue weighted by Gasteiger charge is -2.26. The Morgan fingerprint density at radius 1 is 0.977 bits per heavy atom. The molecule has 1 saturated heterocycles. The summed E-state index contributed by atoms with van der Waals surface area (Å²) in [7, 11) is 0. The van der Waals surface area contributed by atoms with E-state index in [2.05, 4.69) is 10.6 Å². The molecule has 2 aliphatic rings. The molecular formula is C30H34N4O9. The lowest BCUT2D eigenvalue weighted by Crippen LogP contribution is -2.55. The maximum atomic E-state index is 14.0. The van der Waals surface area contributed by atoms with Gasteiger partial charge in [0, 0.05) is 12.5 Å². The van der Waals surface area contributed by atoms with Crippen molar-refractivity contribution in [3.05, 3.63) is 60.2 Å². The SMILES string of the molecule is CCCCOC1OC(=O)CC1NC(=O)CN1C(=O)C(NC(=O)c2ccccc2)CN(C(=O)COC(C)=O)c2ccccc21. The van der Waals surface area contributed by atoms with Crippen LogP contribution in [0.2, 0.25) is 0 Å². The van der Waals surface area contributed by atoms with E-state index >= 15 is 0 Å². The summed E-state index contributed by atoms with van der Waals surface area (Å²) >= 11 is 0. The van der Waals surface area contributed by atoms with E-state index < -0.39 is 67.1 Å². The molecule has 2 heterocycles. The van der Waals surface area contributed by atoms with Crippen molar-refractivity contribution in [1.29, 1.82) is 0 Å². The number of anilines is 2. The molecule has 2 aromatic rings. The average molecular weight is 595 g/mol. The van der Waals surface area contributed by atoms with Crippen molar-refractivity contribution in [2.45, 2.75) is 51.5 Å². The van der Waals surface area contributed by atoms with Crippen molar-refractivity contribution in [1.82, 2.24) is 10.6 Å². The summed E-state index contributed by atoms with van der Waals surface area (Å²) in [5.74, 6) is -3.63. The van der Waals surface area contributed by atoms with E-state index in [1.165, 1.54) is 16.7 Å². The first-order valence-corrected chi connectivity index (χ1v) is 14.0. The number of para-hydroxylation sites is 2. The molecule has 228 valence electrons. The number of hydrogen-bond donors (Lipinski definition) is 2. The van der Waals surface area contributed by atoms with Gasteiger partial charge in [0.05, 0.1) is 30.9 Å². The molecule has 0 aliphatic carbocycles. The van der Waals surface area contributed by atoms with Crippen molar-refractivity contribution >= 4 is 46.9 Å². The fourth-order valence-corrected chi connectivity index (χ4v) is 4.71. The van der Waals surface area contributed by atoms with Crippen LogP contribution in [0.3, 0.4) is 0 Å². The van der Waals surface area contributed by atoms with Crippen LogP contribution >= 0.6 is 0 Å². The number of hydrogen-bond acceptors (Lipinski definition) is 9. The number of nitrogens with zero attached hydrogens (tertiary/aromatic N) is 2. The summed E-state index contributed by atoms with van der Waals surface area (Å²) in [5, 5.41) is 5.40. The van der Waals surface area contributed by atoms with Gasteiger partial charge in [0.1, 0.15) is 18.6 Å². The second-order valence-corrected chi connectivity index (χ2v) is 10.1. The van der Waals surface area contributed by atoms with Crippen molar-refractivity contribution in [3.63, 3.8) is 0 Å². The smallest absolute Gasteiger partial charge is 0.310 e. The molecular weight excluding hydrogens is 560 g/mol. The fourth-order valence-electron chi connectivity index (χ4n) is 4.71. The Labute approximate surface area is 248 Å². The number of carbonyl (C=O) groups excluding carboxylic acids is 6.